The molecule has 0 bridgehead atoms. The average molecular weight is 275 g/mol. The maximum Gasteiger partial charge on any atom is 0.153 e. The highest BCUT2D eigenvalue weighted by Gasteiger charge is 2.10. The van der Waals surface area contributed by atoms with Crippen molar-refractivity contribution in [2.75, 3.05) is 18.5 Å². The Kier molecular flexibility index (Phi) is 4.53. The second-order valence-electron chi connectivity index (χ2n) is 4.32. The number of hydrogen-bond donors (Lipinski definition) is 0. The van der Waals surface area contributed by atoms with Crippen LogP contribution in [0.4, 0.5) is 5.69 Å². The lowest BCUT2D eigenvalue weighted by Gasteiger charge is -2.21. The van der Waals surface area contributed by atoms with E-state index in [4.69, 9.17) is 11.6 Å². The van der Waals surface area contributed by atoms with E-state index in [2.05, 4.69) is 4.98 Å². The van der Waals surface area contributed by atoms with Crippen LogP contribution < -0.4 is 4.90 Å². The number of aromatic nitrogens is 1. The van der Waals surface area contributed by atoms with Gasteiger partial charge in [0.2, 0.25) is 0 Å². The summed E-state index contributed by atoms with van der Waals surface area (Å²) in [5.74, 6) is 0. The van der Waals surface area contributed by atoms with Crippen LogP contribution in [0.25, 0.3) is 0 Å². The van der Waals surface area contributed by atoms with Gasteiger partial charge in [0.25, 0.3) is 0 Å². The van der Waals surface area contributed by atoms with Crippen molar-refractivity contribution in [2.24, 2.45) is 0 Å². The van der Waals surface area contributed by atoms with E-state index in [-0.39, 0.29) is 0 Å². The molecule has 2 rings (SSSR count). The molecule has 0 N–H and O–H groups in total. The van der Waals surface area contributed by atoms with Gasteiger partial charge in [0.15, 0.2) is 6.29 Å². The van der Waals surface area contributed by atoms with Crippen LogP contribution in [0, 0.1) is 0 Å². The predicted octanol–water partition coefficient (Wildman–Crippen LogP) is 3.23. The summed E-state index contributed by atoms with van der Waals surface area (Å²) in [5, 5.41) is 0.489. The number of hydrogen-bond acceptors (Lipinski definition) is 3. The van der Waals surface area contributed by atoms with Gasteiger partial charge in [-0.15, -0.1) is 0 Å². The molecule has 0 saturated carbocycles. The fourth-order valence-electron chi connectivity index (χ4n) is 1.94. The highest BCUT2D eigenvalue weighted by atomic mass is 35.5. The molecule has 19 heavy (non-hydrogen) atoms. The van der Waals surface area contributed by atoms with Gasteiger partial charge < -0.3 is 4.90 Å². The molecule has 1 aromatic heterocycles. The highest BCUT2D eigenvalue weighted by Crippen LogP contribution is 2.25. The summed E-state index contributed by atoms with van der Waals surface area (Å²) in [5.41, 5.74) is 2.62. The lowest BCUT2D eigenvalue weighted by Crippen LogP contribution is -2.21. The van der Waals surface area contributed by atoms with E-state index in [0.717, 1.165) is 24.9 Å². The number of rotatable bonds is 5. The Morgan fingerprint density at radius 2 is 2.00 bits per heavy atom. The van der Waals surface area contributed by atoms with Crippen LogP contribution in [0.15, 0.2) is 42.7 Å². The van der Waals surface area contributed by atoms with Crippen molar-refractivity contribution >= 4 is 23.6 Å². The first-order chi connectivity index (χ1) is 9.22. The van der Waals surface area contributed by atoms with Crippen molar-refractivity contribution in [3.05, 3.63) is 58.9 Å². The summed E-state index contributed by atoms with van der Waals surface area (Å²) in [6.07, 6.45) is 5.27. The van der Waals surface area contributed by atoms with Gasteiger partial charge in [-0.05, 0) is 36.2 Å². The largest absolute Gasteiger partial charge is 0.374 e. The molecule has 0 amide bonds. The van der Waals surface area contributed by atoms with Gasteiger partial charge in [-0.1, -0.05) is 17.7 Å². The highest BCUT2D eigenvalue weighted by molar-refractivity contribution is 6.33. The average Bonchev–Trinajstić information content (AvgIpc) is 2.45. The Balaban J connectivity index is 2.10. The van der Waals surface area contributed by atoms with E-state index in [9.17, 15) is 4.79 Å². The minimum absolute atomic E-state index is 0.489. The quantitative estimate of drug-likeness (QED) is 0.785. The van der Waals surface area contributed by atoms with Crippen LogP contribution in [-0.4, -0.2) is 24.9 Å². The molecule has 0 spiro atoms. The zero-order valence-electron chi connectivity index (χ0n) is 10.7. The Hall–Kier alpha value is -1.87. The molecule has 0 unspecified atom stereocenters. The fraction of sp³-hybridized carbons (Fsp3) is 0.200. The van der Waals surface area contributed by atoms with E-state index in [0.29, 0.717) is 10.6 Å². The Morgan fingerprint density at radius 3 is 2.68 bits per heavy atom. The van der Waals surface area contributed by atoms with E-state index in [1.54, 1.807) is 18.5 Å². The molecule has 4 heteroatoms. The van der Waals surface area contributed by atoms with E-state index in [1.165, 1.54) is 5.56 Å². The molecular weight excluding hydrogens is 260 g/mol. The first kappa shape index (κ1) is 13.6. The number of benzene rings is 1. The Labute approximate surface area is 117 Å². The summed E-state index contributed by atoms with van der Waals surface area (Å²) in [6.45, 7) is 0.811. The van der Waals surface area contributed by atoms with E-state index in [1.807, 2.05) is 36.2 Å². The molecule has 1 aromatic carbocycles. The van der Waals surface area contributed by atoms with Gasteiger partial charge in [-0.3, -0.25) is 9.78 Å². The number of carbonyl (C=O) groups is 1. The number of anilines is 1. The summed E-state index contributed by atoms with van der Waals surface area (Å²) in [4.78, 5) is 17.1. The number of halogens is 1. The maximum absolute atomic E-state index is 11.1. The zero-order chi connectivity index (χ0) is 13.7. The first-order valence-corrected chi connectivity index (χ1v) is 6.44. The summed E-state index contributed by atoms with van der Waals surface area (Å²) in [6, 6.07) is 9.47. The fourth-order valence-corrected chi connectivity index (χ4v) is 2.16. The topological polar surface area (TPSA) is 33.2 Å². The van der Waals surface area contributed by atoms with Gasteiger partial charge in [-0.25, -0.2) is 0 Å². The van der Waals surface area contributed by atoms with Crippen molar-refractivity contribution in [3.63, 3.8) is 0 Å². The van der Waals surface area contributed by atoms with Crippen molar-refractivity contribution in [1.82, 2.24) is 4.98 Å². The van der Waals surface area contributed by atoms with Gasteiger partial charge in [0, 0.05) is 31.7 Å². The van der Waals surface area contributed by atoms with Crippen LogP contribution >= 0.6 is 11.6 Å². The molecule has 1 heterocycles. The molecular formula is C15H15ClN2O. The van der Waals surface area contributed by atoms with Crippen LogP contribution in [0.3, 0.4) is 0 Å². The lowest BCUT2D eigenvalue weighted by atomic mass is 10.1. The molecule has 0 radical (unpaired) electrons. The van der Waals surface area contributed by atoms with Crippen molar-refractivity contribution in [3.8, 4) is 0 Å². The van der Waals surface area contributed by atoms with Crippen LogP contribution in [0.5, 0.6) is 0 Å². The molecule has 0 aliphatic heterocycles. The van der Waals surface area contributed by atoms with Crippen LogP contribution in [0.2, 0.25) is 5.02 Å². The van der Waals surface area contributed by atoms with Crippen molar-refractivity contribution in [1.29, 1.82) is 0 Å². The molecule has 0 aliphatic carbocycles. The molecule has 2 aromatic rings. The van der Waals surface area contributed by atoms with Crippen LogP contribution in [-0.2, 0) is 6.42 Å². The second kappa shape index (κ2) is 6.34. The Morgan fingerprint density at radius 1 is 1.26 bits per heavy atom. The standard InChI is InChI=1S/C15H15ClN2O/c1-18(10-7-12-5-8-17-9-6-12)15-4-2-3-14(16)13(15)11-19/h2-6,8-9,11H,7,10H2,1H3. The van der Waals surface area contributed by atoms with E-state index >= 15 is 0 Å². The minimum atomic E-state index is 0.489. The number of nitrogens with zero attached hydrogens (tertiary/aromatic N) is 2. The smallest absolute Gasteiger partial charge is 0.153 e. The molecule has 0 fully saturated rings. The third-order valence-electron chi connectivity index (χ3n) is 3.04. The number of carbonyl (C=O) groups excluding carboxylic acids is 1. The number of pyridine rings is 1. The van der Waals surface area contributed by atoms with Crippen LogP contribution in [0.1, 0.15) is 15.9 Å². The zero-order valence-corrected chi connectivity index (χ0v) is 11.5. The Bertz CT molecular complexity index is 557. The molecule has 0 saturated heterocycles. The van der Waals surface area contributed by atoms with Gasteiger partial charge in [-0.2, -0.15) is 0 Å². The maximum atomic E-state index is 11.1. The van der Waals surface area contributed by atoms with Gasteiger partial charge in [0.05, 0.1) is 10.6 Å². The first-order valence-electron chi connectivity index (χ1n) is 6.06. The minimum Gasteiger partial charge on any atom is -0.374 e. The van der Waals surface area contributed by atoms with Gasteiger partial charge in [0.1, 0.15) is 0 Å². The van der Waals surface area contributed by atoms with Crippen molar-refractivity contribution in [2.45, 2.75) is 6.42 Å². The SMILES string of the molecule is CN(CCc1ccncc1)c1cccc(Cl)c1C=O. The molecule has 0 aliphatic rings. The lowest BCUT2D eigenvalue weighted by molar-refractivity contribution is 0.112. The third-order valence-corrected chi connectivity index (χ3v) is 3.37. The molecule has 0 atom stereocenters. The normalized spacial score (nSPS) is 10.2. The third kappa shape index (κ3) is 3.32. The number of aldehydes is 1. The summed E-state index contributed by atoms with van der Waals surface area (Å²) >= 11 is 6.02. The second-order valence-corrected chi connectivity index (χ2v) is 4.72. The number of likely N-dealkylation sites (N-methyl/N-ethyl adjacent to an activating group) is 1. The van der Waals surface area contributed by atoms with Gasteiger partial charge >= 0.3 is 0 Å². The summed E-state index contributed by atoms with van der Waals surface area (Å²) < 4.78 is 0. The summed E-state index contributed by atoms with van der Waals surface area (Å²) in [7, 11) is 1.96. The van der Waals surface area contributed by atoms with E-state index < -0.39 is 0 Å². The molecule has 98 valence electrons. The monoisotopic (exact) mass is 274 g/mol. The predicted molar refractivity (Wildman–Crippen MR) is 78.1 cm³/mol. The molecule has 3 nitrogen and oxygen atoms in total. The van der Waals surface area contributed by atoms with Crippen molar-refractivity contribution < 1.29 is 4.79 Å².